The smallest absolute Gasteiger partial charge is 0.409 e. The second kappa shape index (κ2) is 4.61. The summed E-state index contributed by atoms with van der Waals surface area (Å²) >= 11 is 0. The Morgan fingerprint density at radius 2 is 2.16 bits per heavy atom. The Morgan fingerprint density at radius 3 is 2.58 bits per heavy atom. The molecule has 1 aliphatic rings. The number of methoxy groups -OCH3 is 1. The molecule has 0 radical (unpaired) electrons. The summed E-state index contributed by atoms with van der Waals surface area (Å²) in [6, 6.07) is 0.942. The lowest BCUT2D eigenvalue weighted by Gasteiger charge is -2.22. The van der Waals surface area contributed by atoms with Crippen molar-refractivity contribution in [2.45, 2.75) is 25.1 Å². The fraction of sp³-hybridized carbons (Fsp3) is 0.500. The number of hydrogen-bond acceptors (Lipinski definition) is 3. The number of rotatable bonds is 3. The van der Waals surface area contributed by atoms with Crippen LogP contribution in [0, 0.1) is 17.2 Å². The van der Waals surface area contributed by atoms with E-state index in [1.165, 1.54) is 13.2 Å². The van der Waals surface area contributed by atoms with E-state index in [0.717, 1.165) is 6.20 Å². The number of nitrogens with zero attached hydrogens (tertiary/aromatic N) is 2. The van der Waals surface area contributed by atoms with E-state index >= 15 is 0 Å². The van der Waals surface area contributed by atoms with Gasteiger partial charge in [0.2, 0.25) is 0 Å². The van der Waals surface area contributed by atoms with Crippen LogP contribution in [0.2, 0.25) is 0 Å². The fourth-order valence-electron chi connectivity index (χ4n) is 2.09. The van der Waals surface area contributed by atoms with Gasteiger partial charge in [-0.3, -0.25) is 4.79 Å². The number of aromatic nitrogens is 1. The molecular formula is C12H11F3N2O2. The molecule has 7 heteroatoms. The average Bonchev–Trinajstić information content (AvgIpc) is 3.14. The maximum Gasteiger partial charge on any atom is 0.409 e. The Bertz CT molecular complexity index is 582. The van der Waals surface area contributed by atoms with Gasteiger partial charge in [0.25, 0.3) is 5.56 Å². The summed E-state index contributed by atoms with van der Waals surface area (Å²) in [4.78, 5) is 12.0. The van der Waals surface area contributed by atoms with Crippen molar-refractivity contribution in [3.8, 4) is 11.8 Å². The normalized spacial score (nSPS) is 16.8. The second-order valence-corrected chi connectivity index (χ2v) is 4.41. The first-order valence-electron chi connectivity index (χ1n) is 5.66. The van der Waals surface area contributed by atoms with Gasteiger partial charge in [0.05, 0.1) is 7.11 Å². The van der Waals surface area contributed by atoms with E-state index in [0.29, 0.717) is 17.4 Å². The number of halogens is 3. The number of pyridine rings is 1. The number of nitriles is 1. The molecule has 1 heterocycles. The summed E-state index contributed by atoms with van der Waals surface area (Å²) in [5.41, 5.74) is -1.36. The average molecular weight is 272 g/mol. The van der Waals surface area contributed by atoms with Crippen LogP contribution in [0.15, 0.2) is 17.1 Å². The van der Waals surface area contributed by atoms with Crippen LogP contribution in [-0.2, 0) is 0 Å². The van der Waals surface area contributed by atoms with Crippen LogP contribution >= 0.6 is 0 Å². The Balaban J connectivity index is 2.57. The van der Waals surface area contributed by atoms with Crippen LogP contribution in [-0.4, -0.2) is 17.9 Å². The van der Waals surface area contributed by atoms with Crippen molar-refractivity contribution in [3.05, 3.63) is 28.2 Å². The zero-order chi connectivity index (χ0) is 14.2. The summed E-state index contributed by atoms with van der Waals surface area (Å²) in [7, 11) is 1.25. The highest BCUT2D eigenvalue weighted by molar-refractivity contribution is 5.40. The first kappa shape index (κ1) is 13.5. The van der Waals surface area contributed by atoms with Gasteiger partial charge in [0, 0.05) is 6.20 Å². The first-order valence-corrected chi connectivity index (χ1v) is 5.66. The van der Waals surface area contributed by atoms with E-state index < -0.39 is 29.3 Å². The summed E-state index contributed by atoms with van der Waals surface area (Å²) in [5, 5.41) is 8.87. The van der Waals surface area contributed by atoms with Gasteiger partial charge in [0.1, 0.15) is 17.9 Å². The van der Waals surface area contributed by atoms with Gasteiger partial charge in [-0.15, -0.1) is 0 Å². The van der Waals surface area contributed by atoms with Gasteiger partial charge in [-0.05, 0) is 24.8 Å². The standard InChI is InChI=1S/C12H11F3N2O2/c1-19-9-4-5-17(11(18)8(9)6-16)10(7-2-3-7)12(13,14)15/h4-5,7,10H,2-3H2,1H3. The molecule has 0 bridgehead atoms. The largest absolute Gasteiger partial charge is 0.495 e. The Hall–Kier alpha value is -1.97. The lowest BCUT2D eigenvalue weighted by Crippen LogP contribution is -2.36. The number of hydrogen-bond donors (Lipinski definition) is 0. The summed E-state index contributed by atoms with van der Waals surface area (Å²) in [5.74, 6) is -0.599. The van der Waals surface area contributed by atoms with Gasteiger partial charge < -0.3 is 9.30 Å². The lowest BCUT2D eigenvalue weighted by atomic mass is 10.1. The van der Waals surface area contributed by atoms with Crippen molar-refractivity contribution < 1.29 is 17.9 Å². The van der Waals surface area contributed by atoms with Crippen molar-refractivity contribution >= 4 is 0 Å². The molecule has 0 aromatic carbocycles. The van der Waals surface area contributed by atoms with Crippen LogP contribution < -0.4 is 10.3 Å². The third-order valence-corrected chi connectivity index (χ3v) is 3.12. The highest BCUT2D eigenvalue weighted by atomic mass is 19.4. The highest BCUT2D eigenvalue weighted by Crippen LogP contribution is 2.47. The molecular weight excluding hydrogens is 261 g/mol. The molecule has 1 aliphatic carbocycles. The quantitative estimate of drug-likeness (QED) is 0.848. The molecule has 4 nitrogen and oxygen atoms in total. The predicted octanol–water partition coefficient (Wildman–Crippen LogP) is 2.24. The van der Waals surface area contributed by atoms with E-state index in [1.54, 1.807) is 6.07 Å². The number of ether oxygens (including phenoxy) is 1. The first-order chi connectivity index (χ1) is 8.90. The third kappa shape index (κ3) is 2.43. The lowest BCUT2D eigenvalue weighted by molar-refractivity contribution is -0.173. The van der Waals surface area contributed by atoms with Gasteiger partial charge in [-0.25, -0.2) is 0 Å². The van der Waals surface area contributed by atoms with Gasteiger partial charge in [0.15, 0.2) is 5.56 Å². The molecule has 19 heavy (non-hydrogen) atoms. The monoisotopic (exact) mass is 272 g/mol. The molecule has 2 rings (SSSR count). The van der Waals surface area contributed by atoms with Crippen molar-refractivity contribution in [2.75, 3.05) is 7.11 Å². The highest BCUT2D eigenvalue weighted by Gasteiger charge is 2.50. The van der Waals surface area contributed by atoms with Gasteiger partial charge >= 0.3 is 6.18 Å². The van der Waals surface area contributed by atoms with E-state index in [-0.39, 0.29) is 5.75 Å². The maximum absolute atomic E-state index is 13.0. The molecule has 0 spiro atoms. The molecule has 1 aromatic heterocycles. The van der Waals surface area contributed by atoms with Gasteiger partial charge in [-0.2, -0.15) is 18.4 Å². The molecule has 1 saturated carbocycles. The molecule has 0 saturated heterocycles. The van der Waals surface area contributed by atoms with E-state index in [4.69, 9.17) is 10.00 Å². The summed E-state index contributed by atoms with van der Waals surface area (Å²) < 4.78 is 44.5. The fourth-order valence-corrected chi connectivity index (χ4v) is 2.09. The third-order valence-electron chi connectivity index (χ3n) is 3.12. The minimum atomic E-state index is -4.51. The van der Waals surface area contributed by atoms with Crippen molar-refractivity contribution in [1.29, 1.82) is 5.26 Å². The Labute approximate surface area is 107 Å². The van der Waals surface area contributed by atoms with Crippen molar-refractivity contribution in [3.63, 3.8) is 0 Å². The predicted molar refractivity (Wildman–Crippen MR) is 59.8 cm³/mol. The van der Waals surface area contributed by atoms with Crippen LogP contribution in [0.1, 0.15) is 24.4 Å². The molecule has 1 unspecified atom stereocenters. The Morgan fingerprint density at radius 1 is 1.53 bits per heavy atom. The van der Waals surface area contributed by atoms with Crippen LogP contribution in [0.4, 0.5) is 13.2 Å². The molecule has 0 aliphatic heterocycles. The van der Waals surface area contributed by atoms with Gasteiger partial charge in [-0.1, -0.05) is 0 Å². The molecule has 0 N–H and O–H groups in total. The topological polar surface area (TPSA) is 55.0 Å². The van der Waals surface area contributed by atoms with E-state index in [9.17, 15) is 18.0 Å². The molecule has 1 atom stereocenters. The SMILES string of the molecule is COc1ccn(C(C2CC2)C(F)(F)F)c(=O)c1C#N. The molecule has 1 aromatic rings. The van der Waals surface area contributed by atoms with E-state index in [2.05, 4.69) is 0 Å². The number of alkyl halides is 3. The van der Waals surface area contributed by atoms with Crippen LogP contribution in [0.3, 0.4) is 0 Å². The van der Waals surface area contributed by atoms with Crippen LogP contribution in [0.25, 0.3) is 0 Å². The zero-order valence-corrected chi connectivity index (χ0v) is 10.1. The van der Waals surface area contributed by atoms with Crippen LogP contribution in [0.5, 0.6) is 5.75 Å². The molecule has 0 amide bonds. The zero-order valence-electron chi connectivity index (χ0n) is 10.1. The minimum Gasteiger partial charge on any atom is -0.495 e. The minimum absolute atomic E-state index is 0.0135. The Kier molecular flexibility index (Phi) is 3.27. The molecule has 1 fully saturated rings. The maximum atomic E-state index is 13.0. The second-order valence-electron chi connectivity index (χ2n) is 4.41. The molecule has 102 valence electrons. The summed E-state index contributed by atoms with van der Waals surface area (Å²) in [6.45, 7) is 0. The summed E-state index contributed by atoms with van der Waals surface area (Å²) in [6.07, 6.45) is -2.60. The van der Waals surface area contributed by atoms with E-state index in [1.807, 2.05) is 0 Å². The van der Waals surface area contributed by atoms with Crippen molar-refractivity contribution in [2.24, 2.45) is 5.92 Å². The van der Waals surface area contributed by atoms with Crippen molar-refractivity contribution in [1.82, 2.24) is 4.57 Å².